The van der Waals surface area contributed by atoms with Gasteiger partial charge < -0.3 is 5.11 Å². The molecule has 0 amide bonds. The fraction of sp³-hybridized carbons (Fsp3) is 0.0625. The van der Waals surface area contributed by atoms with Gasteiger partial charge >= 0.3 is 5.97 Å². The molecule has 1 N–H and O–H groups in total. The van der Waals surface area contributed by atoms with Gasteiger partial charge in [-0.15, -0.1) is 0 Å². The Morgan fingerprint density at radius 2 is 2.05 bits per heavy atom. The van der Waals surface area contributed by atoms with Crippen LogP contribution in [0.3, 0.4) is 0 Å². The van der Waals surface area contributed by atoms with Crippen molar-refractivity contribution in [2.45, 2.75) is 6.42 Å². The number of hydrogen-bond donors (Lipinski definition) is 1. The summed E-state index contributed by atoms with van der Waals surface area (Å²) in [6, 6.07) is 11.0. The van der Waals surface area contributed by atoms with Crippen molar-refractivity contribution in [3.05, 3.63) is 77.5 Å². The maximum absolute atomic E-state index is 13.3. The van der Waals surface area contributed by atoms with E-state index in [0.717, 1.165) is 11.3 Å². The Morgan fingerprint density at radius 1 is 1.18 bits per heavy atom. The van der Waals surface area contributed by atoms with Gasteiger partial charge in [0.2, 0.25) is 0 Å². The first-order valence-electron chi connectivity index (χ1n) is 6.60. The number of aromatic nitrogens is 3. The van der Waals surface area contributed by atoms with Crippen molar-refractivity contribution in [2.24, 2.45) is 0 Å². The van der Waals surface area contributed by atoms with Crippen molar-refractivity contribution < 1.29 is 14.3 Å². The summed E-state index contributed by atoms with van der Waals surface area (Å²) in [6.45, 7) is 0. The Bertz CT molecular complexity index is 830. The molecule has 6 heteroatoms. The van der Waals surface area contributed by atoms with Crippen LogP contribution in [0.1, 0.15) is 21.6 Å². The first kappa shape index (κ1) is 13.9. The number of carbonyl (C=O) groups is 1. The largest absolute Gasteiger partial charge is 0.478 e. The molecule has 5 nitrogen and oxygen atoms in total. The molecule has 3 rings (SSSR count). The fourth-order valence-electron chi connectivity index (χ4n) is 2.19. The Kier molecular flexibility index (Phi) is 3.65. The highest BCUT2D eigenvalue weighted by molar-refractivity contribution is 5.87. The molecular formula is C16H12FN3O2. The molecule has 0 bridgehead atoms. The lowest BCUT2D eigenvalue weighted by molar-refractivity contribution is 0.0696. The van der Waals surface area contributed by atoms with Crippen LogP contribution in [-0.2, 0) is 6.42 Å². The van der Waals surface area contributed by atoms with E-state index in [1.54, 1.807) is 23.0 Å². The SMILES string of the molecule is O=C(O)c1ccnc(-n2nccc2Cc2cccc(F)c2)c1. The third kappa shape index (κ3) is 2.85. The number of nitrogens with zero attached hydrogens (tertiary/aromatic N) is 3. The summed E-state index contributed by atoms with van der Waals surface area (Å²) in [5.74, 6) is -0.909. The van der Waals surface area contributed by atoms with Gasteiger partial charge in [0.15, 0.2) is 5.82 Å². The Morgan fingerprint density at radius 3 is 2.82 bits per heavy atom. The maximum atomic E-state index is 13.3. The molecular weight excluding hydrogens is 285 g/mol. The smallest absolute Gasteiger partial charge is 0.335 e. The van der Waals surface area contributed by atoms with Crippen molar-refractivity contribution in [1.82, 2.24) is 14.8 Å². The van der Waals surface area contributed by atoms with Crippen LogP contribution in [0.4, 0.5) is 4.39 Å². The van der Waals surface area contributed by atoms with Crippen LogP contribution in [-0.4, -0.2) is 25.8 Å². The van der Waals surface area contributed by atoms with E-state index in [2.05, 4.69) is 10.1 Å². The molecule has 3 aromatic rings. The lowest BCUT2D eigenvalue weighted by atomic mass is 10.1. The predicted molar refractivity (Wildman–Crippen MR) is 77.5 cm³/mol. The second-order valence-electron chi connectivity index (χ2n) is 4.75. The number of rotatable bonds is 4. The van der Waals surface area contributed by atoms with Gasteiger partial charge in [-0.2, -0.15) is 5.10 Å². The standard InChI is InChI=1S/C16H12FN3O2/c17-13-3-1-2-11(8-13)9-14-5-7-19-20(14)15-10-12(16(21)22)4-6-18-15/h1-8,10H,9H2,(H,21,22). The van der Waals surface area contributed by atoms with Gasteiger partial charge in [0, 0.05) is 18.8 Å². The quantitative estimate of drug-likeness (QED) is 0.804. The van der Waals surface area contributed by atoms with Crippen molar-refractivity contribution >= 4 is 5.97 Å². The van der Waals surface area contributed by atoms with Crippen LogP contribution in [0.2, 0.25) is 0 Å². The third-order valence-electron chi connectivity index (χ3n) is 3.20. The molecule has 0 spiro atoms. The number of carboxylic acids is 1. The Balaban J connectivity index is 1.95. The summed E-state index contributed by atoms with van der Waals surface area (Å²) in [5.41, 5.74) is 1.73. The normalized spacial score (nSPS) is 10.6. The van der Waals surface area contributed by atoms with E-state index in [4.69, 9.17) is 5.11 Å². The monoisotopic (exact) mass is 297 g/mol. The second kappa shape index (κ2) is 5.77. The topological polar surface area (TPSA) is 68.0 Å². The van der Waals surface area contributed by atoms with Crippen LogP contribution in [0, 0.1) is 5.82 Å². The minimum atomic E-state index is -1.03. The molecule has 1 aromatic carbocycles. The Labute approximate surface area is 125 Å². The summed E-state index contributed by atoms with van der Waals surface area (Å²) in [6.07, 6.45) is 3.49. The third-order valence-corrected chi connectivity index (χ3v) is 3.20. The molecule has 110 valence electrons. The zero-order chi connectivity index (χ0) is 15.5. The van der Waals surface area contributed by atoms with Crippen molar-refractivity contribution in [3.63, 3.8) is 0 Å². The van der Waals surface area contributed by atoms with E-state index in [1.807, 2.05) is 6.07 Å². The van der Waals surface area contributed by atoms with Gasteiger partial charge in [-0.1, -0.05) is 12.1 Å². The molecule has 0 aliphatic heterocycles. The van der Waals surface area contributed by atoms with Gasteiger partial charge in [0.25, 0.3) is 0 Å². The van der Waals surface area contributed by atoms with Crippen LogP contribution < -0.4 is 0 Å². The summed E-state index contributed by atoms with van der Waals surface area (Å²) < 4.78 is 14.8. The van der Waals surface area contributed by atoms with Crippen LogP contribution >= 0.6 is 0 Å². The van der Waals surface area contributed by atoms with E-state index in [0.29, 0.717) is 12.2 Å². The predicted octanol–water partition coefficient (Wildman–Crippen LogP) is 2.70. The zero-order valence-electron chi connectivity index (χ0n) is 11.5. The molecule has 0 saturated heterocycles. The van der Waals surface area contributed by atoms with E-state index >= 15 is 0 Å². The van der Waals surface area contributed by atoms with E-state index in [1.165, 1.54) is 30.5 Å². The molecule has 0 aliphatic carbocycles. The summed E-state index contributed by atoms with van der Waals surface area (Å²) in [4.78, 5) is 15.2. The first-order chi connectivity index (χ1) is 10.6. The number of pyridine rings is 1. The molecule has 0 fully saturated rings. The minimum absolute atomic E-state index is 0.136. The van der Waals surface area contributed by atoms with Gasteiger partial charge in [-0.25, -0.2) is 18.9 Å². The van der Waals surface area contributed by atoms with Crippen molar-refractivity contribution in [3.8, 4) is 5.82 Å². The molecule has 0 radical (unpaired) electrons. The number of benzene rings is 1. The van der Waals surface area contributed by atoms with Crippen LogP contribution in [0.15, 0.2) is 54.9 Å². The molecule has 22 heavy (non-hydrogen) atoms. The summed E-state index contributed by atoms with van der Waals surface area (Å²) in [5, 5.41) is 13.2. The Hall–Kier alpha value is -3.02. The first-order valence-corrected chi connectivity index (χ1v) is 6.60. The molecule has 0 aliphatic rings. The van der Waals surface area contributed by atoms with Gasteiger partial charge in [0.1, 0.15) is 5.82 Å². The lowest BCUT2D eigenvalue weighted by Crippen LogP contribution is -2.07. The molecule has 0 atom stereocenters. The van der Waals surface area contributed by atoms with E-state index in [-0.39, 0.29) is 11.4 Å². The lowest BCUT2D eigenvalue weighted by Gasteiger charge is -2.07. The van der Waals surface area contributed by atoms with Crippen molar-refractivity contribution in [1.29, 1.82) is 0 Å². The average Bonchev–Trinajstić information content (AvgIpc) is 2.95. The van der Waals surface area contributed by atoms with Gasteiger partial charge in [-0.05, 0) is 35.9 Å². The highest BCUT2D eigenvalue weighted by Gasteiger charge is 2.10. The van der Waals surface area contributed by atoms with Gasteiger partial charge in [0.05, 0.1) is 11.3 Å². The number of hydrogen-bond acceptors (Lipinski definition) is 3. The molecule has 0 unspecified atom stereocenters. The average molecular weight is 297 g/mol. The van der Waals surface area contributed by atoms with E-state index < -0.39 is 5.97 Å². The number of carboxylic acid groups (broad SMARTS) is 1. The fourth-order valence-corrected chi connectivity index (χ4v) is 2.19. The highest BCUT2D eigenvalue weighted by Crippen LogP contribution is 2.15. The van der Waals surface area contributed by atoms with Crippen LogP contribution in [0.5, 0.6) is 0 Å². The zero-order valence-corrected chi connectivity index (χ0v) is 11.5. The summed E-state index contributed by atoms with van der Waals surface area (Å²) >= 11 is 0. The second-order valence-corrected chi connectivity index (χ2v) is 4.75. The highest BCUT2D eigenvalue weighted by atomic mass is 19.1. The number of aromatic carboxylic acids is 1. The van der Waals surface area contributed by atoms with Crippen molar-refractivity contribution in [2.75, 3.05) is 0 Å². The summed E-state index contributed by atoms with van der Waals surface area (Å²) in [7, 11) is 0. The van der Waals surface area contributed by atoms with Gasteiger partial charge in [-0.3, -0.25) is 0 Å². The van der Waals surface area contributed by atoms with Crippen LogP contribution in [0.25, 0.3) is 5.82 Å². The minimum Gasteiger partial charge on any atom is -0.478 e. The number of halogens is 1. The maximum Gasteiger partial charge on any atom is 0.335 e. The molecule has 2 aromatic heterocycles. The van der Waals surface area contributed by atoms with E-state index in [9.17, 15) is 9.18 Å². The molecule has 0 saturated carbocycles. The molecule has 2 heterocycles.